The van der Waals surface area contributed by atoms with Crippen LogP contribution in [0.2, 0.25) is 0 Å². The summed E-state index contributed by atoms with van der Waals surface area (Å²) in [4.78, 5) is 42.8. The minimum Gasteiger partial charge on any atom is -0.383 e. The molecule has 0 bridgehead atoms. The van der Waals surface area contributed by atoms with Crippen molar-refractivity contribution in [3.63, 3.8) is 0 Å². The SMILES string of the molecule is Cc1ccc(NC(=O)CN2C(=O)/C(=C3/SC(=O)N=C3N)c3cc(Br)ccc32)cc1. The number of aryl methyl sites for hydroxylation is 1. The Balaban J connectivity index is 1.67. The summed E-state index contributed by atoms with van der Waals surface area (Å²) >= 11 is 4.22. The Morgan fingerprint density at radius 1 is 1.21 bits per heavy atom. The van der Waals surface area contributed by atoms with Crippen molar-refractivity contribution in [3.8, 4) is 0 Å². The normalized spacial score (nSPS) is 18.1. The second kappa shape index (κ2) is 7.49. The molecule has 0 saturated heterocycles. The van der Waals surface area contributed by atoms with Crippen molar-refractivity contribution >= 4 is 67.5 Å². The van der Waals surface area contributed by atoms with Gasteiger partial charge in [-0.05, 0) is 49.0 Å². The first-order chi connectivity index (χ1) is 13.8. The molecule has 2 heterocycles. The van der Waals surface area contributed by atoms with Crippen molar-refractivity contribution < 1.29 is 14.4 Å². The van der Waals surface area contributed by atoms with Crippen LogP contribution in [0, 0.1) is 6.92 Å². The van der Waals surface area contributed by atoms with Gasteiger partial charge in [0.25, 0.3) is 5.91 Å². The predicted octanol–water partition coefficient (Wildman–Crippen LogP) is 3.68. The number of aliphatic imine (C=N–C) groups is 1. The van der Waals surface area contributed by atoms with Gasteiger partial charge < -0.3 is 11.1 Å². The molecule has 9 heteroatoms. The van der Waals surface area contributed by atoms with Gasteiger partial charge in [-0.3, -0.25) is 19.3 Å². The molecule has 0 fully saturated rings. The number of carbonyl (C=O) groups is 3. The first-order valence-electron chi connectivity index (χ1n) is 8.62. The molecule has 2 aromatic carbocycles. The number of halogens is 1. The smallest absolute Gasteiger partial charge is 0.311 e. The lowest BCUT2D eigenvalue weighted by atomic mass is 10.1. The number of carbonyl (C=O) groups excluding carboxylic acids is 3. The van der Waals surface area contributed by atoms with Gasteiger partial charge in [-0.15, -0.1) is 0 Å². The topological polar surface area (TPSA) is 105 Å². The minimum absolute atomic E-state index is 0.0141. The number of nitrogens with zero attached hydrogens (tertiary/aromatic N) is 2. The number of anilines is 2. The second-order valence-corrected chi connectivity index (χ2v) is 8.41. The number of nitrogens with two attached hydrogens (primary N) is 1. The first-order valence-corrected chi connectivity index (χ1v) is 10.2. The van der Waals surface area contributed by atoms with Crippen LogP contribution in [0.15, 0.2) is 56.8 Å². The lowest BCUT2D eigenvalue weighted by Gasteiger charge is -2.17. The number of amides is 3. The summed E-state index contributed by atoms with van der Waals surface area (Å²) in [6, 6.07) is 12.7. The number of rotatable bonds is 3. The number of hydrogen-bond donors (Lipinski definition) is 2. The van der Waals surface area contributed by atoms with E-state index < -0.39 is 11.1 Å². The highest BCUT2D eigenvalue weighted by molar-refractivity contribution is 9.10. The van der Waals surface area contributed by atoms with Gasteiger partial charge in [0.05, 0.1) is 16.2 Å². The Labute approximate surface area is 179 Å². The molecule has 7 nitrogen and oxygen atoms in total. The summed E-state index contributed by atoms with van der Waals surface area (Å²) in [6.45, 7) is 1.78. The fraction of sp³-hybridized carbons (Fsp3) is 0.100. The van der Waals surface area contributed by atoms with E-state index in [0.29, 0.717) is 21.8 Å². The summed E-state index contributed by atoms with van der Waals surface area (Å²) in [6.07, 6.45) is 0. The molecule has 2 aliphatic rings. The van der Waals surface area contributed by atoms with E-state index in [4.69, 9.17) is 5.73 Å². The van der Waals surface area contributed by atoms with E-state index in [1.165, 1.54) is 4.90 Å². The highest BCUT2D eigenvalue weighted by Gasteiger charge is 2.38. The zero-order chi connectivity index (χ0) is 20.7. The summed E-state index contributed by atoms with van der Waals surface area (Å²) < 4.78 is 0.762. The molecule has 2 aromatic rings. The highest BCUT2D eigenvalue weighted by atomic mass is 79.9. The molecule has 0 saturated carbocycles. The summed E-state index contributed by atoms with van der Waals surface area (Å²) in [5, 5.41) is 2.33. The van der Waals surface area contributed by atoms with Crippen LogP contribution in [0.25, 0.3) is 5.57 Å². The van der Waals surface area contributed by atoms with Gasteiger partial charge in [0, 0.05) is 15.7 Å². The minimum atomic E-state index is -0.468. The van der Waals surface area contributed by atoms with Crippen molar-refractivity contribution in [1.29, 1.82) is 0 Å². The van der Waals surface area contributed by atoms with E-state index >= 15 is 0 Å². The van der Waals surface area contributed by atoms with Crippen LogP contribution in [-0.4, -0.2) is 29.4 Å². The molecule has 29 heavy (non-hydrogen) atoms. The first kappa shape index (κ1) is 19.4. The summed E-state index contributed by atoms with van der Waals surface area (Å²) in [7, 11) is 0. The van der Waals surface area contributed by atoms with Crippen LogP contribution in [0.1, 0.15) is 11.1 Å². The maximum atomic E-state index is 13.2. The molecule has 0 atom stereocenters. The molecule has 146 valence electrons. The van der Waals surface area contributed by atoms with Crippen molar-refractivity contribution in [2.24, 2.45) is 10.7 Å². The molecule has 0 unspecified atom stereocenters. The molecule has 4 rings (SSSR count). The Bertz CT molecular complexity index is 1130. The molecule has 0 aliphatic carbocycles. The largest absolute Gasteiger partial charge is 0.383 e. The molecule has 2 aliphatic heterocycles. The Morgan fingerprint density at radius 3 is 2.59 bits per heavy atom. The zero-order valence-electron chi connectivity index (χ0n) is 15.2. The van der Waals surface area contributed by atoms with E-state index in [1.54, 1.807) is 30.3 Å². The monoisotopic (exact) mass is 470 g/mol. The summed E-state index contributed by atoms with van der Waals surface area (Å²) in [5.74, 6) is -0.716. The molecule has 0 aromatic heterocycles. The third kappa shape index (κ3) is 3.70. The lowest BCUT2D eigenvalue weighted by Crippen LogP contribution is -2.35. The predicted molar refractivity (Wildman–Crippen MR) is 118 cm³/mol. The fourth-order valence-corrected chi connectivity index (χ4v) is 4.28. The van der Waals surface area contributed by atoms with Crippen molar-refractivity contribution in [1.82, 2.24) is 0 Å². The van der Waals surface area contributed by atoms with Gasteiger partial charge in [-0.2, -0.15) is 4.99 Å². The summed E-state index contributed by atoms with van der Waals surface area (Å²) in [5.41, 5.74) is 9.04. The number of fused-ring (bicyclic) bond motifs is 1. The van der Waals surface area contributed by atoms with Crippen molar-refractivity contribution in [2.45, 2.75) is 6.92 Å². The quantitative estimate of drug-likeness (QED) is 0.665. The average molecular weight is 471 g/mol. The van der Waals surface area contributed by atoms with Gasteiger partial charge in [0.2, 0.25) is 5.91 Å². The molecule has 3 N–H and O–H groups in total. The van der Waals surface area contributed by atoms with Crippen LogP contribution >= 0.6 is 27.7 Å². The third-order valence-corrected chi connectivity index (χ3v) is 5.85. The fourth-order valence-electron chi connectivity index (χ4n) is 3.15. The van der Waals surface area contributed by atoms with E-state index in [9.17, 15) is 14.4 Å². The lowest BCUT2D eigenvalue weighted by molar-refractivity contribution is -0.118. The number of benzene rings is 2. The molecular weight excluding hydrogens is 456 g/mol. The Hall–Kier alpha value is -2.91. The average Bonchev–Trinajstić information content (AvgIpc) is 3.12. The van der Waals surface area contributed by atoms with E-state index in [0.717, 1.165) is 21.8 Å². The van der Waals surface area contributed by atoms with Crippen molar-refractivity contribution in [3.05, 3.63) is 63.0 Å². The van der Waals surface area contributed by atoms with Gasteiger partial charge in [-0.1, -0.05) is 33.6 Å². The number of nitrogens with one attached hydrogen (secondary N) is 1. The molecule has 3 amide bonds. The third-order valence-electron chi connectivity index (χ3n) is 4.48. The van der Waals surface area contributed by atoms with Gasteiger partial charge in [0.15, 0.2) is 0 Å². The van der Waals surface area contributed by atoms with Crippen LogP contribution in [-0.2, 0) is 9.59 Å². The number of hydrogen-bond acceptors (Lipinski definition) is 5. The van der Waals surface area contributed by atoms with Crippen LogP contribution in [0.4, 0.5) is 16.2 Å². The maximum Gasteiger partial charge on any atom is 0.311 e. The maximum absolute atomic E-state index is 13.2. The highest BCUT2D eigenvalue weighted by Crippen LogP contribution is 2.43. The number of thioether (sulfide) groups is 1. The van der Waals surface area contributed by atoms with Gasteiger partial charge >= 0.3 is 5.24 Å². The van der Waals surface area contributed by atoms with E-state index in [2.05, 4.69) is 26.2 Å². The molecule has 0 radical (unpaired) electrons. The van der Waals surface area contributed by atoms with Crippen molar-refractivity contribution in [2.75, 3.05) is 16.8 Å². The van der Waals surface area contributed by atoms with Crippen LogP contribution < -0.4 is 16.0 Å². The standard InChI is InChI=1S/C20H15BrN4O3S/c1-10-2-5-12(6-3-10)23-15(26)9-25-14-7-4-11(21)8-13(14)16(19(25)27)17-18(22)24-20(28)29-17/h2-8H,9H2,1H3,(H,23,26)(H2,22,24,28)/b17-16+. The zero-order valence-corrected chi connectivity index (χ0v) is 17.6. The Morgan fingerprint density at radius 2 is 1.93 bits per heavy atom. The van der Waals surface area contributed by atoms with Crippen LogP contribution in [0.5, 0.6) is 0 Å². The van der Waals surface area contributed by atoms with Gasteiger partial charge in [-0.25, -0.2) is 0 Å². The van der Waals surface area contributed by atoms with E-state index in [-0.39, 0.29) is 23.9 Å². The van der Waals surface area contributed by atoms with Gasteiger partial charge in [0.1, 0.15) is 12.4 Å². The molecule has 0 spiro atoms. The second-order valence-electron chi connectivity index (χ2n) is 6.54. The van der Waals surface area contributed by atoms with Crippen LogP contribution in [0.3, 0.4) is 0 Å². The number of amidine groups is 1. The molecular formula is C20H15BrN4O3S. The Kier molecular flexibility index (Phi) is 5.01. The van der Waals surface area contributed by atoms with E-state index in [1.807, 2.05) is 19.1 Å².